The highest BCUT2D eigenvalue weighted by Gasteiger charge is 2.36. The highest BCUT2D eigenvalue weighted by molar-refractivity contribution is 6.34. The van der Waals surface area contributed by atoms with Crippen LogP contribution in [0.15, 0.2) is 193 Å². The Kier molecular flexibility index (Phi) is 30.2. The molecule has 0 aliphatic carbocycles. The summed E-state index contributed by atoms with van der Waals surface area (Å²) in [7, 11) is 0. The highest BCUT2D eigenvalue weighted by Crippen LogP contribution is 2.17. The fraction of sp³-hybridized carbons (Fsp3) is 0.306. The van der Waals surface area contributed by atoms with Crippen LogP contribution >= 0.6 is 0 Å². The van der Waals surface area contributed by atoms with Crippen molar-refractivity contribution in [3.8, 4) is 0 Å². The molecule has 504 valence electrons. The van der Waals surface area contributed by atoms with Crippen LogP contribution in [0.3, 0.4) is 0 Å². The normalized spacial score (nSPS) is 12.3. The van der Waals surface area contributed by atoms with Crippen LogP contribution in [0.4, 0.5) is 9.59 Å². The van der Waals surface area contributed by atoms with Gasteiger partial charge in [0.25, 0.3) is 11.8 Å². The van der Waals surface area contributed by atoms with Crippen LogP contribution in [0, 0.1) is 11.8 Å². The molecule has 24 heteroatoms. The third-order valence-corrected chi connectivity index (χ3v) is 14.1. The molecule has 96 heavy (non-hydrogen) atoms. The number of Topliss-reactive ketones (excluding diaryl/α,β-unsaturated/α-hetero) is 2. The summed E-state index contributed by atoms with van der Waals surface area (Å²) in [5.41, 5.74) is 0.834. The molecule has 0 saturated carbocycles. The minimum Gasteiger partial charge on any atom is -0.459 e. The van der Waals surface area contributed by atoms with Crippen LogP contribution in [-0.4, -0.2) is 95.4 Å². The van der Waals surface area contributed by atoms with Crippen LogP contribution in [0.5, 0.6) is 0 Å². The molecule has 4 atom stereocenters. The molecule has 0 bridgehead atoms. The molecule has 0 aromatic heterocycles. The summed E-state index contributed by atoms with van der Waals surface area (Å²) >= 11 is 0. The maximum Gasteiger partial charge on any atom is 0.408 e. The topological polar surface area (TPSA) is 332 Å². The number of benzene rings is 6. The Morgan fingerprint density at radius 3 is 0.823 bits per heavy atom. The Balaban J connectivity index is 1.46. The van der Waals surface area contributed by atoms with E-state index >= 15 is 19.2 Å². The summed E-state index contributed by atoms with van der Waals surface area (Å²) in [5, 5.41) is 14.4. The summed E-state index contributed by atoms with van der Waals surface area (Å²) < 4.78 is 32.7. The van der Waals surface area contributed by atoms with Gasteiger partial charge in [0.2, 0.25) is 23.4 Å². The molecule has 6 rings (SSSR count). The molecule has 0 spiro atoms. The molecule has 0 heterocycles. The maximum absolute atomic E-state index is 15.5. The van der Waals surface area contributed by atoms with Gasteiger partial charge in [-0.25, -0.2) is 28.8 Å². The van der Waals surface area contributed by atoms with Gasteiger partial charge in [0.05, 0.1) is 0 Å². The zero-order chi connectivity index (χ0) is 69.2. The number of hydrogen-bond donors (Lipinski definition) is 6. The zero-order valence-corrected chi connectivity index (χ0v) is 53.6. The summed E-state index contributed by atoms with van der Waals surface area (Å²) in [4.78, 5) is 170. The maximum atomic E-state index is 15.5. The van der Waals surface area contributed by atoms with E-state index in [0.29, 0.717) is 33.4 Å². The molecule has 6 N–H and O–H groups in total. The van der Waals surface area contributed by atoms with Gasteiger partial charge in [0.15, 0.2) is 0 Å². The lowest BCUT2D eigenvalue weighted by molar-refractivity contribution is -0.155. The van der Waals surface area contributed by atoms with Gasteiger partial charge in [-0.15, -0.1) is 0 Å². The van der Waals surface area contributed by atoms with Crippen LogP contribution in [0.1, 0.15) is 99.6 Å². The second-order valence-corrected chi connectivity index (χ2v) is 22.8. The van der Waals surface area contributed by atoms with Gasteiger partial charge < -0.3 is 60.3 Å². The molecule has 0 unspecified atom stereocenters. The van der Waals surface area contributed by atoms with E-state index in [0.717, 1.165) is 0 Å². The van der Waals surface area contributed by atoms with Gasteiger partial charge in [-0.3, -0.25) is 28.8 Å². The van der Waals surface area contributed by atoms with Crippen molar-refractivity contribution in [3.63, 3.8) is 0 Å². The number of esters is 4. The van der Waals surface area contributed by atoms with E-state index in [1.54, 1.807) is 210 Å². The second kappa shape index (κ2) is 39.3. The fourth-order valence-corrected chi connectivity index (χ4v) is 9.09. The van der Waals surface area contributed by atoms with E-state index in [9.17, 15) is 38.4 Å². The van der Waals surface area contributed by atoms with Crippen LogP contribution in [0.2, 0.25) is 0 Å². The van der Waals surface area contributed by atoms with Gasteiger partial charge in [-0.1, -0.05) is 210 Å². The molecule has 0 radical (unpaired) electrons. The number of carbonyl (C=O) groups excluding carboxylic acids is 12. The smallest absolute Gasteiger partial charge is 0.408 e. The molecule has 6 aromatic rings. The standard InChI is InChI=1S/C72H78N6O18/c1-47(2)39-57(75-71(89)95-45-53-31-19-9-20-32-53)63(81)77-61(65(83)73-55(67(85)91-41-49-23-11-5-12-24-49)35-37-59(79)69(87)93-43-51-27-15-7-16-28-51)62(78-64(82)58(40-48(3)4)76-72(90)96-46-54-33-21-10-22-34-54)66(84)74-56(68(86)92-42-50-25-13-6-14-26-50)36-38-60(80)70(88)94-44-52-29-17-8-18-30-52/h5-34,47-48,55-58H,35-46H2,1-4H3,(H,73,83)(H,74,84)(H,75,89)(H,76,90)(H,77,81)(H,78,82)/b62-61-/t55-,56-,57-,58-/m0/s1. The predicted molar refractivity (Wildman–Crippen MR) is 347 cm³/mol. The predicted octanol–water partition coefficient (Wildman–Crippen LogP) is 7.75. The largest absolute Gasteiger partial charge is 0.459 e. The fourth-order valence-electron chi connectivity index (χ4n) is 9.09. The van der Waals surface area contributed by atoms with Crippen molar-refractivity contribution in [2.45, 2.75) is 130 Å². The molecular weight excluding hydrogens is 1240 g/mol. The van der Waals surface area contributed by atoms with E-state index < -0.39 is 158 Å². The lowest BCUT2D eigenvalue weighted by Gasteiger charge is -2.26. The third kappa shape index (κ3) is 26.4. The number of ketones is 2. The van der Waals surface area contributed by atoms with Crippen molar-refractivity contribution in [3.05, 3.63) is 227 Å². The van der Waals surface area contributed by atoms with Crippen LogP contribution in [-0.2, 0) is 116 Å². The second-order valence-electron chi connectivity index (χ2n) is 22.8. The number of nitrogens with one attached hydrogen (secondary N) is 6. The Labute approximate surface area is 555 Å². The van der Waals surface area contributed by atoms with E-state index in [-0.39, 0.29) is 39.3 Å². The number of ether oxygens (including phenoxy) is 6. The van der Waals surface area contributed by atoms with Crippen molar-refractivity contribution in [2.75, 3.05) is 0 Å². The van der Waals surface area contributed by atoms with Gasteiger partial charge in [0, 0.05) is 12.8 Å². The average molecular weight is 1320 g/mol. The minimum absolute atomic E-state index is 0.172. The molecule has 0 aliphatic rings. The highest BCUT2D eigenvalue weighted by atomic mass is 16.6. The van der Waals surface area contributed by atoms with Crippen molar-refractivity contribution in [1.82, 2.24) is 31.9 Å². The Morgan fingerprint density at radius 1 is 0.312 bits per heavy atom. The van der Waals surface area contributed by atoms with E-state index in [1.807, 2.05) is 0 Å². The summed E-state index contributed by atoms with van der Waals surface area (Å²) in [6, 6.07) is 43.4. The molecule has 24 nitrogen and oxygen atoms in total. The molecule has 0 saturated heterocycles. The molecular formula is C72H78N6O18. The Hall–Kier alpha value is -11.3. The first-order valence-corrected chi connectivity index (χ1v) is 31.0. The van der Waals surface area contributed by atoms with Gasteiger partial charge >= 0.3 is 36.1 Å². The monoisotopic (exact) mass is 1310 g/mol. The molecule has 0 fully saturated rings. The van der Waals surface area contributed by atoms with Crippen molar-refractivity contribution >= 4 is 71.3 Å². The SMILES string of the molecule is CC(C)C[C@H](NC(=O)OCc1ccccc1)C(=O)N/C(C(=O)N[C@@H](CCC(=O)C(=O)OCc1ccccc1)C(=O)OCc1ccccc1)=C(\NC(=O)[C@H](CC(C)C)NC(=O)OCc1ccccc1)C(=O)N[C@@H](CCC(=O)C(=O)OCc1ccccc1)C(=O)OCc1ccccc1. The number of hydrogen-bond acceptors (Lipinski definition) is 18. The molecule has 6 aromatic carbocycles. The average Bonchev–Trinajstić information content (AvgIpc) is 0.929. The van der Waals surface area contributed by atoms with Gasteiger partial charge in [0.1, 0.15) is 75.2 Å². The summed E-state index contributed by atoms with van der Waals surface area (Å²) in [5.74, 6) is -13.7. The zero-order valence-electron chi connectivity index (χ0n) is 53.6. The first kappa shape index (κ1) is 73.7. The summed E-state index contributed by atoms with van der Waals surface area (Å²) in [6.07, 6.45) is -5.48. The summed E-state index contributed by atoms with van der Waals surface area (Å²) in [6.45, 7) is 4.92. The van der Waals surface area contributed by atoms with Gasteiger partial charge in [-0.2, -0.15) is 0 Å². The first-order valence-electron chi connectivity index (χ1n) is 31.0. The Morgan fingerprint density at radius 2 is 0.562 bits per heavy atom. The number of rotatable bonds is 36. The molecule has 6 amide bonds. The first-order chi connectivity index (χ1) is 46.2. The third-order valence-electron chi connectivity index (χ3n) is 14.1. The van der Waals surface area contributed by atoms with E-state index in [2.05, 4.69) is 31.9 Å². The Bertz CT molecular complexity index is 3380. The van der Waals surface area contributed by atoms with Crippen molar-refractivity contribution in [2.24, 2.45) is 11.8 Å². The van der Waals surface area contributed by atoms with Gasteiger partial charge in [-0.05, 0) is 70.9 Å². The van der Waals surface area contributed by atoms with E-state index in [4.69, 9.17) is 28.4 Å². The van der Waals surface area contributed by atoms with E-state index in [1.165, 1.54) is 0 Å². The lowest BCUT2D eigenvalue weighted by Crippen LogP contribution is -2.54. The van der Waals surface area contributed by atoms with Crippen molar-refractivity contribution < 1.29 is 86.0 Å². The van der Waals surface area contributed by atoms with Crippen molar-refractivity contribution in [1.29, 1.82) is 0 Å². The minimum atomic E-state index is -1.93. The van der Waals surface area contributed by atoms with Crippen LogP contribution < -0.4 is 31.9 Å². The number of carbonyl (C=O) groups is 12. The lowest BCUT2D eigenvalue weighted by atomic mass is 10.0. The number of amides is 6. The quantitative estimate of drug-likeness (QED) is 0.00947. The number of alkyl carbamates (subject to hydrolysis) is 2. The van der Waals surface area contributed by atoms with Crippen LogP contribution in [0.25, 0.3) is 0 Å². The molecule has 0 aliphatic heterocycles.